The van der Waals surface area contributed by atoms with E-state index in [9.17, 15) is 9.59 Å². The molecule has 126 valence electrons. The van der Waals surface area contributed by atoms with Gasteiger partial charge in [-0.1, -0.05) is 23.7 Å². The SMILES string of the molecule is CCOC(=O)c1c(NC(=O)c2ccccc2Cl)sc2c1CCOC2. The quantitative estimate of drug-likeness (QED) is 0.834. The van der Waals surface area contributed by atoms with Gasteiger partial charge in [-0.3, -0.25) is 4.79 Å². The van der Waals surface area contributed by atoms with Crippen molar-refractivity contribution in [2.24, 2.45) is 0 Å². The van der Waals surface area contributed by atoms with Gasteiger partial charge in [-0.05, 0) is 31.0 Å². The van der Waals surface area contributed by atoms with E-state index < -0.39 is 5.97 Å². The topological polar surface area (TPSA) is 64.6 Å². The minimum atomic E-state index is -0.425. The van der Waals surface area contributed by atoms with Crippen LogP contribution in [0.1, 0.15) is 38.1 Å². The molecule has 2 heterocycles. The van der Waals surface area contributed by atoms with Crippen LogP contribution < -0.4 is 5.32 Å². The normalized spacial score (nSPS) is 13.2. The molecule has 0 fully saturated rings. The van der Waals surface area contributed by atoms with Crippen molar-refractivity contribution < 1.29 is 19.1 Å². The number of nitrogens with one attached hydrogen (secondary N) is 1. The third-order valence-electron chi connectivity index (χ3n) is 3.65. The Morgan fingerprint density at radius 1 is 1.38 bits per heavy atom. The first-order chi connectivity index (χ1) is 11.6. The predicted octanol–water partition coefficient (Wildman–Crippen LogP) is 3.90. The summed E-state index contributed by atoms with van der Waals surface area (Å²) in [7, 11) is 0. The lowest BCUT2D eigenvalue weighted by Gasteiger charge is -2.13. The molecule has 1 aromatic carbocycles. The molecule has 0 atom stereocenters. The maximum atomic E-state index is 12.5. The Hall–Kier alpha value is -1.89. The molecule has 0 aliphatic carbocycles. The molecule has 1 amide bonds. The third kappa shape index (κ3) is 3.31. The highest BCUT2D eigenvalue weighted by atomic mass is 35.5. The molecule has 1 aromatic heterocycles. The number of esters is 1. The van der Waals surface area contributed by atoms with Crippen LogP contribution in [0.5, 0.6) is 0 Å². The van der Waals surface area contributed by atoms with Crippen LogP contribution in [0.15, 0.2) is 24.3 Å². The first-order valence-electron chi connectivity index (χ1n) is 7.57. The lowest BCUT2D eigenvalue weighted by atomic mass is 10.1. The van der Waals surface area contributed by atoms with Crippen LogP contribution >= 0.6 is 22.9 Å². The van der Waals surface area contributed by atoms with Crippen LogP contribution in [0, 0.1) is 0 Å². The fourth-order valence-electron chi connectivity index (χ4n) is 2.56. The molecule has 0 saturated carbocycles. The summed E-state index contributed by atoms with van der Waals surface area (Å²) in [6, 6.07) is 6.78. The average Bonchev–Trinajstić information content (AvgIpc) is 2.93. The van der Waals surface area contributed by atoms with E-state index in [0.29, 0.717) is 40.8 Å². The number of rotatable bonds is 4. The lowest BCUT2D eigenvalue weighted by Crippen LogP contribution is -2.17. The number of benzene rings is 1. The molecular weight excluding hydrogens is 350 g/mol. The maximum Gasteiger partial charge on any atom is 0.341 e. The summed E-state index contributed by atoms with van der Waals surface area (Å²) < 4.78 is 10.6. The second-order valence-electron chi connectivity index (χ2n) is 5.16. The van der Waals surface area contributed by atoms with E-state index in [-0.39, 0.29) is 12.5 Å². The number of carbonyl (C=O) groups excluding carboxylic acids is 2. The Morgan fingerprint density at radius 3 is 2.92 bits per heavy atom. The monoisotopic (exact) mass is 365 g/mol. The molecule has 7 heteroatoms. The van der Waals surface area contributed by atoms with Crippen LogP contribution in [0.4, 0.5) is 5.00 Å². The lowest BCUT2D eigenvalue weighted by molar-refractivity contribution is 0.0524. The molecular formula is C17H16ClNO4S. The van der Waals surface area contributed by atoms with Gasteiger partial charge >= 0.3 is 5.97 Å². The van der Waals surface area contributed by atoms with E-state index in [1.54, 1.807) is 31.2 Å². The molecule has 24 heavy (non-hydrogen) atoms. The van der Waals surface area contributed by atoms with Crippen molar-refractivity contribution in [3.05, 3.63) is 50.9 Å². The smallest absolute Gasteiger partial charge is 0.341 e. The first kappa shape index (κ1) is 17.0. The number of fused-ring (bicyclic) bond motifs is 1. The van der Waals surface area contributed by atoms with Gasteiger partial charge in [-0.2, -0.15) is 0 Å². The summed E-state index contributed by atoms with van der Waals surface area (Å²) in [5.74, 6) is -0.781. The van der Waals surface area contributed by atoms with E-state index in [1.165, 1.54) is 11.3 Å². The van der Waals surface area contributed by atoms with Crippen LogP contribution in [-0.2, 0) is 22.5 Å². The van der Waals surface area contributed by atoms with Crippen molar-refractivity contribution in [1.29, 1.82) is 0 Å². The van der Waals surface area contributed by atoms with Crippen LogP contribution in [0.25, 0.3) is 0 Å². The minimum Gasteiger partial charge on any atom is -0.462 e. The van der Waals surface area contributed by atoms with E-state index >= 15 is 0 Å². The molecule has 1 aliphatic rings. The molecule has 5 nitrogen and oxygen atoms in total. The zero-order valence-electron chi connectivity index (χ0n) is 13.1. The molecule has 1 N–H and O–H groups in total. The van der Waals surface area contributed by atoms with Gasteiger partial charge < -0.3 is 14.8 Å². The number of anilines is 1. The van der Waals surface area contributed by atoms with Crippen molar-refractivity contribution in [3.8, 4) is 0 Å². The average molecular weight is 366 g/mol. The van der Waals surface area contributed by atoms with Gasteiger partial charge in [0, 0.05) is 4.88 Å². The van der Waals surface area contributed by atoms with Gasteiger partial charge in [0.05, 0.1) is 36.0 Å². The van der Waals surface area contributed by atoms with Crippen molar-refractivity contribution in [2.75, 3.05) is 18.5 Å². The van der Waals surface area contributed by atoms with Crippen molar-refractivity contribution >= 4 is 39.8 Å². The molecule has 0 saturated heterocycles. The fraction of sp³-hybridized carbons (Fsp3) is 0.294. The first-order valence-corrected chi connectivity index (χ1v) is 8.76. The fourth-order valence-corrected chi connectivity index (χ4v) is 3.95. The highest BCUT2D eigenvalue weighted by Gasteiger charge is 2.28. The second kappa shape index (κ2) is 7.34. The number of amides is 1. The van der Waals surface area contributed by atoms with Gasteiger partial charge in [0.25, 0.3) is 5.91 Å². The van der Waals surface area contributed by atoms with Crippen molar-refractivity contribution in [3.63, 3.8) is 0 Å². The van der Waals surface area contributed by atoms with E-state index in [1.807, 2.05) is 0 Å². The number of thiophene rings is 1. The largest absolute Gasteiger partial charge is 0.462 e. The predicted molar refractivity (Wildman–Crippen MR) is 93.0 cm³/mol. The Morgan fingerprint density at radius 2 is 2.17 bits per heavy atom. The zero-order valence-corrected chi connectivity index (χ0v) is 14.6. The second-order valence-corrected chi connectivity index (χ2v) is 6.68. The van der Waals surface area contributed by atoms with Gasteiger partial charge in [0.1, 0.15) is 5.00 Å². The number of hydrogen-bond acceptors (Lipinski definition) is 5. The highest BCUT2D eigenvalue weighted by molar-refractivity contribution is 7.17. The summed E-state index contributed by atoms with van der Waals surface area (Å²) in [5.41, 5.74) is 1.69. The molecule has 0 bridgehead atoms. The summed E-state index contributed by atoms with van der Waals surface area (Å²) in [4.78, 5) is 25.8. The van der Waals surface area contributed by atoms with Crippen LogP contribution in [-0.4, -0.2) is 25.1 Å². The van der Waals surface area contributed by atoms with E-state index in [2.05, 4.69) is 5.32 Å². The summed E-state index contributed by atoms with van der Waals surface area (Å²) >= 11 is 7.41. The Kier molecular flexibility index (Phi) is 5.18. The van der Waals surface area contributed by atoms with Gasteiger partial charge in [0.15, 0.2) is 0 Å². The molecule has 0 unspecified atom stereocenters. The molecule has 1 aliphatic heterocycles. The van der Waals surface area contributed by atoms with E-state index in [0.717, 1.165) is 10.4 Å². The Bertz CT molecular complexity index is 787. The molecule has 0 radical (unpaired) electrons. The number of ether oxygens (including phenoxy) is 2. The Balaban J connectivity index is 1.95. The van der Waals surface area contributed by atoms with Crippen LogP contribution in [0.2, 0.25) is 5.02 Å². The number of halogens is 1. The van der Waals surface area contributed by atoms with Crippen molar-refractivity contribution in [1.82, 2.24) is 0 Å². The summed E-state index contributed by atoms with van der Waals surface area (Å²) in [5, 5.41) is 3.64. The number of carbonyl (C=O) groups is 2. The maximum absolute atomic E-state index is 12.5. The minimum absolute atomic E-state index is 0.276. The molecule has 0 spiro atoms. The van der Waals surface area contributed by atoms with E-state index in [4.69, 9.17) is 21.1 Å². The van der Waals surface area contributed by atoms with Crippen molar-refractivity contribution in [2.45, 2.75) is 20.0 Å². The summed E-state index contributed by atoms with van der Waals surface area (Å²) in [6.07, 6.45) is 0.627. The highest BCUT2D eigenvalue weighted by Crippen LogP contribution is 2.37. The van der Waals surface area contributed by atoms with Crippen LogP contribution in [0.3, 0.4) is 0 Å². The van der Waals surface area contributed by atoms with Gasteiger partial charge in [-0.15, -0.1) is 11.3 Å². The standard InChI is InChI=1S/C17H16ClNO4S/c1-2-23-17(21)14-11-7-8-22-9-13(11)24-16(14)19-15(20)10-5-3-4-6-12(10)18/h3-6H,2,7-9H2,1H3,(H,19,20). The van der Waals surface area contributed by atoms with Gasteiger partial charge in [-0.25, -0.2) is 4.79 Å². The number of hydrogen-bond donors (Lipinski definition) is 1. The molecule has 3 rings (SSSR count). The summed E-state index contributed by atoms with van der Waals surface area (Å²) in [6.45, 7) is 3.02. The van der Waals surface area contributed by atoms with Gasteiger partial charge in [0.2, 0.25) is 0 Å². The Labute approximate surface area is 148 Å². The third-order valence-corrected chi connectivity index (χ3v) is 5.10. The zero-order chi connectivity index (χ0) is 17.1. The molecule has 2 aromatic rings.